The highest BCUT2D eigenvalue weighted by Crippen LogP contribution is 2.34. The van der Waals surface area contributed by atoms with Gasteiger partial charge in [-0.3, -0.25) is 10.2 Å². The number of hydrazine groups is 1. The normalized spacial score (nSPS) is 10.8. The number of H-pyrrole nitrogens is 1. The Morgan fingerprint density at radius 2 is 1.69 bits per heavy atom. The summed E-state index contributed by atoms with van der Waals surface area (Å²) >= 11 is 0. The molecule has 2 aromatic carbocycles. The standard InChI is InChI=1S/C19H16N6O/c20-18-17(19(26)25-21)23-15(11-6-2-1-3-7-11)16(24-18)13-10-22-14-9-5-4-8-12(13)14/h1-10,22H,21H2,(H2,20,24)(H,25,26). The molecule has 0 atom stereocenters. The summed E-state index contributed by atoms with van der Waals surface area (Å²) in [6.45, 7) is 0. The van der Waals surface area contributed by atoms with Gasteiger partial charge in [0.05, 0.1) is 5.69 Å². The highest BCUT2D eigenvalue weighted by atomic mass is 16.2. The molecule has 0 aliphatic carbocycles. The molecule has 0 aliphatic heterocycles. The lowest BCUT2D eigenvalue weighted by atomic mass is 10.0. The van der Waals surface area contributed by atoms with Crippen molar-refractivity contribution in [1.82, 2.24) is 20.4 Å². The molecule has 4 aromatic rings. The highest BCUT2D eigenvalue weighted by molar-refractivity contribution is 6.01. The molecule has 0 fully saturated rings. The minimum absolute atomic E-state index is 0.00468. The van der Waals surface area contributed by atoms with Crippen LogP contribution in [0.3, 0.4) is 0 Å². The van der Waals surface area contributed by atoms with E-state index in [1.54, 1.807) is 0 Å². The first kappa shape index (κ1) is 15.8. The third-order valence-electron chi connectivity index (χ3n) is 4.16. The molecule has 0 bridgehead atoms. The van der Waals surface area contributed by atoms with Crippen LogP contribution >= 0.6 is 0 Å². The molecule has 0 radical (unpaired) electrons. The molecule has 0 saturated heterocycles. The average molecular weight is 344 g/mol. The molecule has 128 valence electrons. The molecule has 7 nitrogen and oxygen atoms in total. The van der Waals surface area contributed by atoms with E-state index in [0.717, 1.165) is 22.0 Å². The van der Waals surface area contributed by atoms with E-state index in [4.69, 9.17) is 11.6 Å². The lowest BCUT2D eigenvalue weighted by molar-refractivity contribution is 0.0949. The van der Waals surface area contributed by atoms with E-state index in [1.807, 2.05) is 60.8 Å². The second-order valence-corrected chi connectivity index (χ2v) is 5.74. The number of nitrogen functional groups attached to an aromatic ring is 2. The van der Waals surface area contributed by atoms with Gasteiger partial charge in [-0.25, -0.2) is 15.8 Å². The molecule has 6 N–H and O–H groups in total. The van der Waals surface area contributed by atoms with Crippen LogP contribution < -0.4 is 17.0 Å². The Hall–Kier alpha value is -3.71. The van der Waals surface area contributed by atoms with Crippen LogP contribution in [0.2, 0.25) is 0 Å². The number of nitrogens with two attached hydrogens (primary N) is 2. The van der Waals surface area contributed by atoms with Crippen molar-refractivity contribution in [3.63, 3.8) is 0 Å². The molecule has 2 aromatic heterocycles. The monoisotopic (exact) mass is 344 g/mol. The van der Waals surface area contributed by atoms with Crippen LogP contribution in [0.1, 0.15) is 10.5 Å². The van der Waals surface area contributed by atoms with Crippen molar-refractivity contribution in [2.45, 2.75) is 0 Å². The number of hydrogen-bond donors (Lipinski definition) is 4. The number of para-hydroxylation sites is 1. The number of benzene rings is 2. The van der Waals surface area contributed by atoms with Crippen molar-refractivity contribution in [3.8, 4) is 22.5 Å². The Balaban J connectivity index is 2.02. The first-order valence-corrected chi connectivity index (χ1v) is 7.99. The van der Waals surface area contributed by atoms with Crippen molar-refractivity contribution in [1.29, 1.82) is 0 Å². The maximum atomic E-state index is 12.0. The fraction of sp³-hybridized carbons (Fsp3) is 0. The van der Waals surface area contributed by atoms with E-state index in [9.17, 15) is 4.79 Å². The first-order chi connectivity index (χ1) is 12.7. The molecule has 4 rings (SSSR count). The van der Waals surface area contributed by atoms with Crippen LogP contribution in [-0.4, -0.2) is 20.9 Å². The van der Waals surface area contributed by atoms with E-state index in [0.29, 0.717) is 11.4 Å². The fourth-order valence-electron chi connectivity index (χ4n) is 2.94. The lowest BCUT2D eigenvalue weighted by Crippen LogP contribution is -2.32. The minimum Gasteiger partial charge on any atom is -0.382 e. The number of fused-ring (bicyclic) bond motifs is 1. The van der Waals surface area contributed by atoms with Gasteiger partial charge in [-0.1, -0.05) is 48.5 Å². The van der Waals surface area contributed by atoms with Gasteiger partial charge in [0.1, 0.15) is 5.69 Å². The van der Waals surface area contributed by atoms with Crippen LogP contribution in [-0.2, 0) is 0 Å². The molecule has 2 heterocycles. The summed E-state index contributed by atoms with van der Waals surface area (Å²) in [4.78, 5) is 24.2. The van der Waals surface area contributed by atoms with Crippen LogP contribution in [0.15, 0.2) is 60.8 Å². The van der Waals surface area contributed by atoms with Crippen LogP contribution in [0.25, 0.3) is 33.4 Å². The number of carbonyl (C=O) groups excluding carboxylic acids is 1. The van der Waals surface area contributed by atoms with E-state index < -0.39 is 5.91 Å². The quantitative estimate of drug-likeness (QED) is 0.258. The number of rotatable bonds is 3. The van der Waals surface area contributed by atoms with E-state index in [2.05, 4.69) is 20.4 Å². The molecule has 0 aliphatic rings. The topological polar surface area (TPSA) is 123 Å². The Kier molecular flexibility index (Phi) is 3.83. The Bertz CT molecular complexity index is 1100. The van der Waals surface area contributed by atoms with Gasteiger partial charge in [0.2, 0.25) is 0 Å². The minimum atomic E-state index is -0.586. The summed E-state index contributed by atoms with van der Waals surface area (Å²) in [5.74, 6) is 4.68. The Labute approximate surface area is 149 Å². The maximum Gasteiger partial charge on any atom is 0.287 e. The third-order valence-corrected chi connectivity index (χ3v) is 4.16. The predicted molar refractivity (Wildman–Crippen MR) is 101 cm³/mol. The van der Waals surface area contributed by atoms with Crippen molar-refractivity contribution in [2.75, 3.05) is 5.73 Å². The van der Waals surface area contributed by atoms with Crippen molar-refractivity contribution < 1.29 is 4.79 Å². The summed E-state index contributed by atoms with van der Waals surface area (Å²) in [5, 5.41) is 0.995. The molecule has 0 saturated carbocycles. The van der Waals surface area contributed by atoms with E-state index in [-0.39, 0.29) is 11.5 Å². The molecular weight excluding hydrogens is 328 g/mol. The van der Waals surface area contributed by atoms with Gasteiger partial charge in [-0.15, -0.1) is 0 Å². The molecule has 0 unspecified atom stereocenters. The zero-order valence-corrected chi connectivity index (χ0v) is 13.7. The summed E-state index contributed by atoms with van der Waals surface area (Å²) in [6, 6.07) is 17.4. The zero-order chi connectivity index (χ0) is 18.1. The SMILES string of the molecule is NNC(=O)c1nc(-c2ccccc2)c(-c2c[nH]c3ccccc23)nc1N. The van der Waals surface area contributed by atoms with Gasteiger partial charge in [0, 0.05) is 28.2 Å². The summed E-state index contributed by atoms with van der Waals surface area (Å²) in [6.07, 6.45) is 1.86. The average Bonchev–Trinajstić information content (AvgIpc) is 3.12. The second kappa shape index (κ2) is 6.30. The maximum absolute atomic E-state index is 12.0. The summed E-state index contributed by atoms with van der Waals surface area (Å²) < 4.78 is 0. The number of nitrogens with zero attached hydrogens (tertiary/aromatic N) is 2. The number of carbonyl (C=O) groups is 1. The smallest absolute Gasteiger partial charge is 0.287 e. The molecule has 1 amide bonds. The number of aromatic amines is 1. The predicted octanol–water partition coefficient (Wildman–Crippen LogP) is 2.48. The van der Waals surface area contributed by atoms with Crippen molar-refractivity contribution >= 4 is 22.6 Å². The number of nitrogens with one attached hydrogen (secondary N) is 2. The summed E-state index contributed by atoms with van der Waals surface area (Å²) in [7, 11) is 0. The largest absolute Gasteiger partial charge is 0.382 e. The molecule has 0 spiro atoms. The summed E-state index contributed by atoms with van der Waals surface area (Å²) in [5.41, 5.74) is 11.9. The van der Waals surface area contributed by atoms with Crippen LogP contribution in [0.4, 0.5) is 5.82 Å². The Morgan fingerprint density at radius 3 is 2.46 bits per heavy atom. The molecule has 26 heavy (non-hydrogen) atoms. The zero-order valence-electron chi connectivity index (χ0n) is 13.7. The van der Waals surface area contributed by atoms with Crippen molar-refractivity contribution in [3.05, 3.63) is 66.5 Å². The Morgan fingerprint density at radius 1 is 0.962 bits per heavy atom. The van der Waals surface area contributed by atoms with E-state index >= 15 is 0 Å². The van der Waals surface area contributed by atoms with Gasteiger partial charge in [-0.2, -0.15) is 0 Å². The van der Waals surface area contributed by atoms with Gasteiger partial charge in [0.15, 0.2) is 11.5 Å². The second-order valence-electron chi connectivity index (χ2n) is 5.74. The fourth-order valence-corrected chi connectivity index (χ4v) is 2.94. The molecule has 7 heteroatoms. The number of anilines is 1. The third kappa shape index (κ3) is 2.56. The molecular formula is C19H16N6O. The van der Waals surface area contributed by atoms with Crippen LogP contribution in [0, 0.1) is 0 Å². The van der Waals surface area contributed by atoms with Gasteiger partial charge in [-0.05, 0) is 6.07 Å². The van der Waals surface area contributed by atoms with Crippen molar-refractivity contribution in [2.24, 2.45) is 5.84 Å². The highest BCUT2D eigenvalue weighted by Gasteiger charge is 2.20. The van der Waals surface area contributed by atoms with Crippen LogP contribution in [0.5, 0.6) is 0 Å². The first-order valence-electron chi connectivity index (χ1n) is 7.99. The number of aromatic nitrogens is 3. The number of amides is 1. The van der Waals surface area contributed by atoms with Gasteiger partial charge in [0.25, 0.3) is 5.91 Å². The van der Waals surface area contributed by atoms with E-state index in [1.165, 1.54) is 0 Å². The lowest BCUT2D eigenvalue weighted by Gasteiger charge is -2.12. The number of hydrogen-bond acceptors (Lipinski definition) is 5. The van der Waals surface area contributed by atoms with Gasteiger partial charge < -0.3 is 10.7 Å². The van der Waals surface area contributed by atoms with Gasteiger partial charge >= 0.3 is 0 Å².